The summed E-state index contributed by atoms with van der Waals surface area (Å²) in [5.74, 6) is 0.380. The minimum absolute atomic E-state index is 0.00898. The maximum atomic E-state index is 12.3. The summed E-state index contributed by atoms with van der Waals surface area (Å²) in [6.45, 7) is 2.85. The molecule has 2 unspecified atom stereocenters. The third-order valence-corrected chi connectivity index (χ3v) is 3.90. The molecule has 0 radical (unpaired) electrons. The van der Waals surface area contributed by atoms with Gasteiger partial charge in [-0.25, -0.2) is 0 Å². The van der Waals surface area contributed by atoms with Crippen LogP contribution in [-0.4, -0.2) is 35.1 Å². The van der Waals surface area contributed by atoms with Crippen molar-refractivity contribution >= 4 is 21.8 Å². The van der Waals surface area contributed by atoms with E-state index in [-0.39, 0.29) is 18.6 Å². The van der Waals surface area contributed by atoms with Crippen molar-refractivity contribution in [2.75, 3.05) is 13.2 Å². The number of benzene rings is 1. The monoisotopic (exact) mass is 297 g/mol. The summed E-state index contributed by atoms with van der Waals surface area (Å²) in [5.41, 5.74) is 0.673. The minimum Gasteiger partial charge on any atom is -0.394 e. The normalized spacial score (nSPS) is 24.1. The van der Waals surface area contributed by atoms with Crippen molar-refractivity contribution in [2.45, 2.75) is 19.4 Å². The van der Waals surface area contributed by atoms with Crippen molar-refractivity contribution in [3.63, 3.8) is 0 Å². The van der Waals surface area contributed by atoms with Crippen LogP contribution in [0.3, 0.4) is 0 Å². The minimum atomic E-state index is -0.0403. The molecule has 0 bridgehead atoms. The van der Waals surface area contributed by atoms with Crippen LogP contribution in [0.4, 0.5) is 0 Å². The molecule has 1 aliphatic rings. The Morgan fingerprint density at radius 3 is 3.00 bits per heavy atom. The number of halogens is 1. The van der Waals surface area contributed by atoms with Crippen molar-refractivity contribution in [1.29, 1.82) is 0 Å². The van der Waals surface area contributed by atoms with Gasteiger partial charge in [0.05, 0.1) is 12.6 Å². The van der Waals surface area contributed by atoms with Crippen molar-refractivity contribution < 1.29 is 9.90 Å². The van der Waals surface area contributed by atoms with Gasteiger partial charge in [-0.15, -0.1) is 0 Å². The van der Waals surface area contributed by atoms with Gasteiger partial charge in [0.25, 0.3) is 5.91 Å². The van der Waals surface area contributed by atoms with Crippen LogP contribution in [0.2, 0.25) is 0 Å². The second-order valence-corrected chi connectivity index (χ2v) is 5.44. The lowest BCUT2D eigenvalue weighted by molar-refractivity contribution is 0.0648. The Bertz CT molecular complexity index is 422. The number of aliphatic hydroxyl groups is 1. The Kier molecular flexibility index (Phi) is 3.84. The van der Waals surface area contributed by atoms with E-state index in [9.17, 15) is 9.90 Å². The molecule has 92 valence electrons. The van der Waals surface area contributed by atoms with Crippen LogP contribution in [0.5, 0.6) is 0 Å². The van der Waals surface area contributed by atoms with E-state index >= 15 is 0 Å². The number of rotatable bonds is 2. The maximum absolute atomic E-state index is 12.3. The lowest BCUT2D eigenvalue weighted by Crippen LogP contribution is -2.39. The summed E-state index contributed by atoms with van der Waals surface area (Å²) in [4.78, 5) is 14.1. The lowest BCUT2D eigenvalue weighted by Gasteiger charge is -2.25. The van der Waals surface area contributed by atoms with Crippen LogP contribution in [0.25, 0.3) is 0 Å². The van der Waals surface area contributed by atoms with Gasteiger partial charge in [-0.2, -0.15) is 0 Å². The van der Waals surface area contributed by atoms with E-state index in [4.69, 9.17) is 0 Å². The van der Waals surface area contributed by atoms with E-state index in [1.165, 1.54) is 0 Å². The summed E-state index contributed by atoms with van der Waals surface area (Å²) >= 11 is 3.36. The van der Waals surface area contributed by atoms with Crippen LogP contribution >= 0.6 is 15.9 Å². The Labute approximate surface area is 110 Å². The van der Waals surface area contributed by atoms with Gasteiger partial charge in [-0.3, -0.25) is 4.79 Å². The number of amides is 1. The van der Waals surface area contributed by atoms with Crippen LogP contribution in [-0.2, 0) is 0 Å². The van der Waals surface area contributed by atoms with Crippen LogP contribution in [0, 0.1) is 5.92 Å². The zero-order valence-corrected chi connectivity index (χ0v) is 11.4. The average molecular weight is 298 g/mol. The molecular formula is C13H16BrNO2. The Morgan fingerprint density at radius 1 is 1.59 bits per heavy atom. The van der Waals surface area contributed by atoms with Gasteiger partial charge in [-0.1, -0.05) is 28.9 Å². The molecule has 1 N–H and O–H groups in total. The van der Waals surface area contributed by atoms with Crippen molar-refractivity contribution in [3.05, 3.63) is 34.3 Å². The highest BCUT2D eigenvalue weighted by Crippen LogP contribution is 2.25. The zero-order chi connectivity index (χ0) is 12.4. The van der Waals surface area contributed by atoms with Gasteiger partial charge in [0.2, 0.25) is 0 Å². The molecule has 1 aromatic carbocycles. The molecule has 0 spiro atoms. The second kappa shape index (κ2) is 5.19. The summed E-state index contributed by atoms with van der Waals surface area (Å²) in [5, 5.41) is 9.35. The zero-order valence-electron chi connectivity index (χ0n) is 9.77. The summed E-state index contributed by atoms with van der Waals surface area (Å²) in [7, 11) is 0. The van der Waals surface area contributed by atoms with E-state index < -0.39 is 0 Å². The Morgan fingerprint density at radius 2 is 2.35 bits per heavy atom. The summed E-state index contributed by atoms with van der Waals surface area (Å²) < 4.78 is 0.899. The fourth-order valence-corrected chi connectivity index (χ4v) is 2.73. The lowest BCUT2D eigenvalue weighted by atomic mass is 10.0. The molecule has 4 heteroatoms. The predicted octanol–water partition coefficient (Wildman–Crippen LogP) is 2.29. The third-order valence-electron chi connectivity index (χ3n) is 3.40. The molecule has 1 aromatic rings. The average Bonchev–Trinajstić information content (AvgIpc) is 2.69. The van der Waals surface area contributed by atoms with Gasteiger partial charge in [0, 0.05) is 16.6 Å². The molecule has 3 nitrogen and oxygen atoms in total. The Hall–Kier alpha value is -0.870. The highest BCUT2D eigenvalue weighted by Gasteiger charge is 2.34. The van der Waals surface area contributed by atoms with Crippen LogP contribution in [0.1, 0.15) is 23.7 Å². The maximum Gasteiger partial charge on any atom is 0.254 e. The largest absolute Gasteiger partial charge is 0.394 e. The van der Waals surface area contributed by atoms with Gasteiger partial charge >= 0.3 is 0 Å². The van der Waals surface area contributed by atoms with Crippen molar-refractivity contribution in [1.82, 2.24) is 4.90 Å². The van der Waals surface area contributed by atoms with Crippen LogP contribution < -0.4 is 0 Å². The van der Waals surface area contributed by atoms with E-state index in [0.29, 0.717) is 11.5 Å². The first-order valence-corrected chi connectivity index (χ1v) is 6.60. The molecular weight excluding hydrogens is 282 g/mol. The number of aliphatic hydroxyl groups excluding tert-OH is 1. The molecule has 0 aliphatic carbocycles. The Balaban J connectivity index is 2.20. The molecule has 1 amide bonds. The number of hydrogen-bond donors (Lipinski definition) is 1. The van der Waals surface area contributed by atoms with Gasteiger partial charge in [-0.05, 0) is 30.5 Å². The van der Waals surface area contributed by atoms with E-state index in [2.05, 4.69) is 22.9 Å². The molecule has 1 fully saturated rings. The van der Waals surface area contributed by atoms with Gasteiger partial charge in [0.1, 0.15) is 0 Å². The molecule has 2 atom stereocenters. The van der Waals surface area contributed by atoms with E-state index in [1.807, 2.05) is 24.3 Å². The number of nitrogens with zero attached hydrogens (tertiary/aromatic N) is 1. The summed E-state index contributed by atoms with van der Waals surface area (Å²) in [6.07, 6.45) is 0.963. The molecule has 1 saturated heterocycles. The highest BCUT2D eigenvalue weighted by atomic mass is 79.9. The smallest absolute Gasteiger partial charge is 0.254 e. The first kappa shape index (κ1) is 12.6. The topological polar surface area (TPSA) is 40.5 Å². The van der Waals surface area contributed by atoms with E-state index in [1.54, 1.807) is 4.90 Å². The fraction of sp³-hybridized carbons (Fsp3) is 0.462. The first-order valence-electron chi connectivity index (χ1n) is 5.81. The molecule has 1 aliphatic heterocycles. The standard InChI is InChI=1S/C13H16BrNO2/c1-9-5-6-15(12(9)8-16)13(17)10-3-2-4-11(14)7-10/h2-4,7,9,12,16H,5-6,8H2,1H3. The molecule has 17 heavy (non-hydrogen) atoms. The number of carbonyl (C=O) groups excluding carboxylic acids is 1. The molecule has 1 heterocycles. The van der Waals surface area contributed by atoms with Gasteiger partial charge < -0.3 is 10.0 Å². The highest BCUT2D eigenvalue weighted by molar-refractivity contribution is 9.10. The second-order valence-electron chi connectivity index (χ2n) is 4.52. The molecule has 2 rings (SSSR count). The fourth-order valence-electron chi connectivity index (χ4n) is 2.33. The third kappa shape index (κ3) is 2.53. The SMILES string of the molecule is CC1CCN(C(=O)c2cccc(Br)c2)C1CO. The first-order chi connectivity index (χ1) is 8.13. The number of carbonyl (C=O) groups is 1. The van der Waals surface area contributed by atoms with E-state index in [0.717, 1.165) is 17.4 Å². The molecule has 0 saturated carbocycles. The number of likely N-dealkylation sites (tertiary alicyclic amines) is 1. The quantitative estimate of drug-likeness (QED) is 0.910. The molecule has 0 aromatic heterocycles. The van der Waals surface area contributed by atoms with Crippen molar-refractivity contribution in [3.8, 4) is 0 Å². The summed E-state index contributed by atoms with van der Waals surface area (Å²) in [6, 6.07) is 7.34. The van der Waals surface area contributed by atoms with Crippen LogP contribution in [0.15, 0.2) is 28.7 Å². The predicted molar refractivity (Wildman–Crippen MR) is 69.8 cm³/mol. The van der Waals surface area contributed by atoms with Gasteiger partial charge in [0.15, 0.2) is 0 Å². The van der Waals surface area contributed by atoms with Crippen molar-refractivity contribution in [2.24, 2.45) is 5.92 Å². The number of hydrogen-bond acceptors (Lipinski definition) is 2.